The van der Waals surface area contributed by atoms with Gasteiger partial charge in [0.2, 0.25) is 10.0 Å². The summed E-state index contributed by atoms with van der Waals surface area (Å²) in [4.78, 5) is 4.27. The minimum atomic E-state index is -3.55. The molecule has 2 rings (SSSR count). The second-order valence-electron chi connectivity index (χ2n) is 4.61. The molecule has 0 amide bonds. The fourth-order valence-corrected chi connectivity index (χ4v) is 3.57. The van der Waals surface area contributed by atoms with Gasteiger partial charge in [-0.3, -0.25) is 4.98 Å². The van der Waals surface area contributed by atoms with Crippen LogP contribution in [0.2, 0.25) is 0 Å². The molecule has 2 heterocycles. The summed E-state index contributed by atoms with van der Waals surface area (Å²) in [5, 5.41) is 0. The summed E-state index contributed by atoms with van der Waals surface area (Å²) in [7, 11) is -1.96. The van der Waals surface area contributed by atoms with Crippen LogP contribution in [0, 0.1) is 0 Å². The zero-order chi connectivity index (χ0) is 14.8. The Morgan fingerprint density at radius 1 is 1.45 bits per heavy atom. The van der Waals surface area contributed by atoms with Crippen molar-refractivity contribution < 1.29 is 13.2 Å². The average Bonchev–Trinajstić information content (AvgIpc) is 2.47. The molecule has 8 heteroatoms. The van der Waals surface area contributed by atoms with Crippen LogP contribution in [0.4, 0.5) is 0 Å². The SMILES string of the molecule is CN(C1CCOCC1)S(=O)(=O)c1ccc(C(N)=S)nc1. The lowest BCUT2D eigenvalue weighted by atomic mass is 10.1. The quantitative estimate of drug-likeness (QED) is 0.815. The fraction of sp³-hybridized carbons (Fsp3) is 0.500. The van der Waals surface area contributed by atoms with Gasteiger partial charge >= 0.3 is 0 Å². The Balaban J connectivity index is 2.22. The Morgan fingerprint density at radius 3 is 2.60 bits per heavy atom. The molecule has 0 unspecified atom stereocenters. The van der Waals surface area contributed by atoms with Crippen molar-refractivity contribution in [1.82, 2.24) is 9.29 Å². The monoisotopic (exact) mass is 315 g/mol. The van der Waals surface area contributed by atoms with E-state index in [-0.39, 0.29) is 15.9 Å². The van der Waals surface area contributed by atoms with Gasteiger partial charge in [-0.1, -0.05) is 12.2 Å². The Bertz CT molecular complexity index is 580. The molecule has 1 fully saturated rings. The molecule has 110 valence electrons. The van der Waals surface area contributed by atoms with Crippen molar-refractivity contribution in [2.24, 2.45) is 5.73 Å². The molecule has 0 aromatic carbocycles. The van der Waals surface area contributed by atoms with Gasteiger partial charge in [-0.05, 0) is 25.0 Å². The van der Waals surface area contributed by atoms with Crippen LogP contribution < -0.4 is 5.73 Å². The first kappa shape index (κ1) is 15.3. The number of ether oxygens (including phenoxy) is 1. The number of nitrogens with zero attached hydrogens (tertiary/aromatic N) is 2. The zero-order valence-electron chi connectivity index (χ0n) is 11.2. The molecule has 0 aliphatic carbocycles. The predicted octanol–water partition coefficient (Wildman–Crippen LogP) is 0.515. The lowest BCUT2D eigenvalue weighted by Gasteiger charge is -2.30. The largest absolute Gasteiger partial charge is 0.388 e. The van der Waals surface area contributed by atoms with Gasteiger partial charge in [-0.2, -0.15) is 4.31 Å². The van der Waals surface area contributed by atoms with Crippen molar-refractivity contribution in [3.8, 4) is 0 Å². The topological polar surface area (TPSA) is 85.5 Å². The highest BCUT2D eigenvalue weighted by Crippen LogP contribution is 2.21. The van der Waals surface area contributed by atoms with Crippen LogP contribution >= 0.6 is 12.2 Å². The van der Waals surface area contributed by atoms with E-state index in [1.807, 2.05) is 0 Å². The molecule has 1 saturated heterocycles. The van der Waals surface area contributed by atoms with Gasteiger partial charge < -0.3 is 10.5 Å². The number of hydrogen-bond donors (Lipinski definition) is 1. The number of sulfonamides is 1. The molecule has 0 bridgehead atoms. The van der Waals surface area contributed by atoms with Crippen LogP contribution in [0.15, 0.2) is 23.2 Å². The van der Waals surface area contributed by atoms with E-state index >= 15 is 0 Å². The van der Waals surface area contributed by atoms with E-state index < -0.39 is 10.0 Å². The lowest BCUT2D eigenvalue weighted by molar-refractivity contribution is 0.0632. The third-order valence-corrected chi connectivity index (χ3v) is 5.47. The standard InChI is InChI=1S/C12H17N3O3S2/c1-15(9-4-6-18-7-5-9)20(16,17)10-2-3-11(12(13)19)14-8-10/h2-3,8-9H,4-7H2,1H3,(H2,13,19). The van der Waals surface area contributed by atoms with E-state index in [1.165, 1.54) is 22.6 Å². The first-order valence-corrected chi connectivity index (χ1v) is 8.09. The molecule has 6 nitrogen and oxygen atoms in total. The number of aromatic nitrogens is 1. The Kier molecular flexibility index (Phi) is 4.69. The maximum atomic E-state index is 12.5. The minimum Gasteiger partial charge on any atom is -0.388 e. The van der Waals surface area contributed by atoms with Crippen molar-refractivity contribution >= 4 is 27.2 Å². The number of thiocarbonyl (C=S) groups is 1. The summed E-state index contributed by atoms with van der Waals surface area (Å²) in [6.45, 7) is 1.17. The predicted molar refractivity (Wildman–Crippen MR) is 78.9 cm³/mol. The van der Waals surface area contributed by atoms with Gasteiger partial charge in [0.25, 0.3) is 0 Å². The Labute approximate surface area is 124 Å². The molecule has 20 heavy (non-hydrogen) atoms. The molecule has 0 spiro atoms. The molecule has 1 aliphatic heterocycles. The van der Waals surface area contributed by atoms with Crippen LogP contribution in [0.25, 0.3) is 0 Å². The molecule has 2 N–H and O–H groups in total. The molecule has 1 aromatic rings. The van der Waals surface area contributed by atoms with E-state index in [4.69, 9.17) is 22.7 Å². The summed E-state index contributed by atoms with van der Waals surface area (Å²) in [5.41, 5.74) is 5.85. The van der Waals surface area contributed by atoms with Gasteiger partial charge in [0.15, 0.2) is 0 Å². The molecular formula is C12H17N3O3S2. The lowest BCUT2D eigenvalue weighted by Crippen LogP contribution is -2.40. The fourth-order valence-electron chi connectivity index (χ4n) is 2.09. The van der Waals surface area contributed by atoms with E-state index in [2.05, 4.69) is 4.98 Å². The molecule has 0 radical (unpaired) electrons. The van der Waals surface area contributed by atoms with E-state index in [1.54, 1.807) is 7.05 Å². The summed E-state index contributed by atoms with van der Waals surface area (Å²) in [6, 6.07) is 2.96. The summed E-state index contributed by atoms with van der Waals surface area (Å²) in [5.74, 6) is 0. The Hall–Kier alpha value is -1.09. The average molecular weight is 315 g/mol. The van der Waals surface area contributed by atoms with Crippen molar-refractivity contribution in [2.75, 3.05) is 20.3 Å². The molecular weight excluding hydrogens is 298 g/mol. The van der Waals surface area contributed by atoms with Crippen LogP contribution in [-0.4, -0.2) is 49.0 Å². The molecule has 1 aromatic heterocycles. The number of nitrogens with two attached hydrogens (primary N) is 1. The number of hydrogen-bond acceptors (Lipinski definition) is 5. The summed E-state index contributed by atoms with van der Waals surface area (Å²) < 4.78 is 31.6. The maximum Gasteiger partial charge on any atom is 0.244 e. The molecule has 0 atom stereocenters. The van der Waals surface area contributed by atoms with E-state index in [0.717, 1.165) is 0 Å². The smallest absolute Gasteiger partial charge is 0.244 e. The number of pyridine rings is 1. The van der Waals surface area contributed by atoms with Crippen molar-refractivity contribution in [1.29, 1.82) is 0 Å². The zero-order valence-corrected chi connectivity index (χ0v) is 12.8. The second kappa shape index (κ2) is 6.13. The number of rotatable bonds is 4. The highest BCUT2D eigenvalue weighted by molar-refractivity contribution is 7.89. The first-order chi connectivity index (χ1) is 9.43. The van der Waals surface area contributed by atoms with E-state index in [0.29, 0.717) is 31.7 Å². The summed E-state index contributed by atoms with van der Waals surface area (Å²) >= 11 is 4.79. The first-order valence-electron chi connectivity index (χ1n) is 6.24. The minimum absolute atomic E-state index is 0.0380. The maximum absolute atomic E-state index is 12.5. The van der Waals surface area contributed by atoms with Crippen LogP contribution in [0.1, 0.15) is 18.5 Å². The Morgan fingerprint density at radius 2 is 2.10 bits per heavy atom. The normalized spacial score (nSPS) is 17.3. The highest BCUT2D eigenvalue weighted by Gasteiger charge is 2.29. The van der Waals surface area contributed by atoms with Gasteiger partial charge in [-0.15, -0.1) is 0 Å². The van der Waals surface area contributed by atoms with Crippen molar-refractivity contribution in [3.63, 3.8) is 0 Å². The molecule has 1 aliphatic rings. The highest BCUT2D eigenvalue weighted by atomic mass is 32.2. The van der Waals surface area contributed by atoms with Gasteiger partial charge in [0, 0.05) is 32.5 Å². The van der Waals surface area contributed by atoms with Crippen molar-refractivity contribution in [2.45, 2.75) is 23.8 Å². The molecule has 0 saturated carbocycles. The van der Waals surface area contributed by atoms with Crippen LogP contribution in [-0.2, 0) is 14.8 Å². The van der Waals surface area contributed by atoms with Gasteiger partial charge in [0.1, 0.15) is 9.88 Å². The van der Waals surface area contributed by atoms with Gasteiger partial charge in [-0.25, -0.2) is 8.42 Å². The van der Waals surface area contributed by atoms with Crippen LogP contribution in [0.5, 0.6) is 0 Å². The second-order valence-corrected chi connectivity index (χ2v) is 7.05. The third kappa shape index (κ3) is 3.14. The van der Waals surface area contributed by atoms with Crippen molar-refractivity contribution in [3.05, 3.63) is 24.0 Å². The van der Waals surface area contributed by atoms with Crippen LogP contribution in [0.3, 0.4) is 0 Å². The third-order valence-electron chi connectivity index (χ3n) is 3.37. The van der Waals surface area contributed by atoms with E-state index in [9.17, 15) is 8.42 Å². The summed E-state index contributed by atoms with van der Waals surface area (Å²) in [6.07, 6.45) is 2.70. The van der Waals surface area contributed by atoms with Gasteiger partial charge in [0.05, 0.1) is 5.69 Å².